The highest BCUT2D eigenvalue weighted by Crippen LogP contribution is 2.33. The molecule has 0 amide bonds. The summed E-state index contributed by atoms with van der Waals surface area (Å²) in [6, 6.07) is 6.04. The van der Waals surface area contributed by atoms with Crippen molar-refractivity contribution in [3.8, 4) is 0 Å². The van der Waals surface area contributed by atoms with Crippen molar-refractivity contribution in [1.82, 2.24) is 0 Å². The lowest BCUT2D eigenvalue weighted by Gasteiger charge is -2.07. The Morgan fingerprint density at radius 1 is 1.54 bits per heavy atom. The molecule has 70 valence electrons. The van der Waals surface area contributed by atoms with Gasteiger partial charge in [-0.15, -0.1) is 11.8 Å². The van der Waals surface area contributed by atoms with Gasteiger partial charge in [-0.05, 0) is 24.1 Å². The number of fused-ring (bicyclic) bond motifs is 1. The first kappa shape index (κ1) is 9.22. The summed E-state index contributed by atoms with van der Waals surface area (Å²) in [5, 5.41) is 4.22. The van der Waals surface area contributed by atoms with E-state index in [-0.39, 0.29) is 0 Å². The van der Waals surface area contributed by atoms with Crippen molar-refractivity contribution < 1.29 is 0 Å². The van der Waals surface area contributed by atoms with Crippen LogP contribution in [-0.2, 0) is 0 Å². The second-order valence-corrected chi connectivity index (χ2v) is 4.94. The Morgan fingerprint density at radius 3 is 3.23 bits per heavy atom. The predicted molar refractivity (Wildman–Crippen MR) is 59.8 cm³/mol. The first-order chi connectivity index (χ1) is 6.25. The molecule has 1 aliphatic heterocycles. The standard InChI is InChI=1S/C10H12ClNS/c1-7-5-12-9-4-8(11)2-3-10(9)13-6-7/h2-4,7,12H,5-6H2,1H3/t7-/m1/s1. The molecule has 3 heteroatoms. The largest absolute Gasteiger partial charge is 0.384 e. The zero-order valence-electron chi connectivity index (χ0n) is 7.51. The van der Waals surface area contributed by atoms with Crippen LogP contribution in [0.2, 0.25) is 5.02 Å². The maximum atomic E-state index is 5.92. The fraction of sp³-hybridized carbons (Fsp3) is 0.400. The molecule has 0 saturated heterocycles. The van der Waals surface area contributed by atoms with Gasteiger partial charge in [-0.3, -0.25) is 0 Å². The van der Waals surface area contributed by atoms with Crippen molar-refractivity contribution in [3.05, 3.63) is 23.2 Å². The lowest BCUT2D eigenvalue weighted by atomic mass is 10.2. The van der Waals surface area contributed by atoms with E-state index in [2.05, 4.69) is 18.3 Å². The van der Waals surface area contributed by atoms with Crippen LogP contribution in [0.4, 0.5) is 5.69 Å². The molecule has 0 bridgehead atoms. The topological polar surface area (TPSA) is 12.0 Å². The Labute approximate surface area is 87.9 Å². The van der Waals surface area contributed by atoms with Crippen LogP contribution >= 0.6 is 23.4 Å². The van der Waals surface area contributed by atoms with E-state index in [1.165, 1.54) is 16.3 Å². The minimum atomic E-state index is 0.719. The number of nitrogens with one attached hydrogen (secondary N) is 1. The molecule has 1 heterocycles. The van der Waals surface area contributed by atoms with Gasteiger partial charge in [0.15, 0.2) is 0 Å². The molecule has 0 unspecified atom stereocenters. The van der Waals surface area contributed by atoms with E-state index in [9.17, 15) is 0 Å². The van der Waals surface area contributed by atoms with Crippen molar-refractivity contribution in [2.75, 3.05) is 17.6 Å². The van der Waals surface area contributed by atoms with Crippen LogP contribution in [0.25, 0.3) is 0 Å². The zero-order valence-corrected chi connectivity index (χ0v) is 9.08. The lowest BCUT2D eigenvalue weighted by molar-refractivity contribution is 0.705. The summed E-state index contributed by atoms with van der Waals surface area (Å²) in [6.45, 7) is 3.30. The van der Waals surface area contributed by atoms with Crippen LogP contribution in [0.15, 0.2) is 23.1 Å². The van der Waals surface area contributed by atoms with Gasteiger partial charge in [0.1, 0.15) is 0 Å². The van der Waals surface area contributed by atoms with Crippen LogP contribution in [-0.4, -0.2) is 12.3 Å². The third-order valence-corrected chi connectivity index (χ3v) is 3.74. The molecule has 0 aliphatic carbocycles. The van der Waals surface area contributed by atoms with Crippen molar-refractivity contribution in [2.45, 2.75) is 11.8 Å². The Morgan fingerprint density at radius 2 is 2.38 bits per heavy atom. The van der Waals surface area contributed by atoms with E-state index < -0.39 is 0 Å². The van der Waals surface area contributed by atoms with Gasteiger partial charge < -0.3 is 5.32 Å². The summed E-state index contributed by atoms with van der Waals surface area (Å²) in [6.07, 6.45) is 0. The van der Waals surface area contributed by atoms with Gasteiger partial charge in [0.2, 0.25) is 0 Å². The molecular weight excluding hydrogens is 202 g/mol. The van der Waals surface area contributed by atoms with Crippen LogP contribution in [0.5, 0.6) is 0 Å². The number of thioether (sulfide) groups is 1. The molecule has 1 aliphatic rings. The van der Waals surface area contributed by atoms with E-state index in [0.29, 0.717) is 0 Å². The highest BCUT2D eigenvalue weighted by molar-refractivity contribution is 7.99. The number of hydrogen-bond acceptors (Lipinski definition) is 2. The lowest BCUT2D eigenvalue weighted by Crippen LogP contribution is -2.10. The number of halogens is 1. The van der Waals surface area contributed by atoms with Crippen LogP contribution in [0.1, 0.15) is 6.92 Å². The van der Waals surface area contributed by atoms with E-state index in [1.54, 1.807) is 0 Å². The number of rotatable bonds is 0. The third-order valence-electron chi connectivity index (χ3n) is 2.11. The molecule has 1 N–H and O–H groups in total. The second-order valence-electron chi connectivity index (χ2n) is 3.44. The normalized spacial score (nSPS) is 21.5. The van der Waals surface area contributed by atoms with Crippen molar-refractivity contribution >= 4 is 29.1 Å². The minimum Gasteiger partial charge on any atom is -0.384 e. The molecule has 0 aromatic heterocycles. The smallest absolute Gasteiger partial charge is 0.0493 e. The first-order valence-corrected chi connectivity index (χ1v) is 5.78. The molecule has 2 rings (SSSR count). The van der Waals surface area contributed by atoms with E-state index in [0.717, 1.165) is 17.5 Å². The summed E-state index contributed by atoms with van der Waals surface area (Å²) in [4.78, 5) is 1.31. The van der Waals surface area contributed by atoms with Crippen LogP contribution in [0.3, 0.4) is 0 Å². The zero-order chi connectivity index (χ0) is 9.26. The minimum absolute atomic E-state index is 0.719. The van der Waals surface area contributed by atoms with Crippen LogP contribution < -0.4 is 5.32 Å². The molecule has 0 saturated carbocycles. The molecule has 1 aromatic carbocycles. The fourth-order valence-corrected chi connectivity index (χ4v) is 2.55. The van der Waals surface area contributed by atoms with Gasteiger partial charge in [0.25, 0.3) is 0 Å². The van der Waals surface area contributed by atoms with Gasteiger partial charge in [-0.2, -0.15) is 0 Å². The highest BCUT2D eigenvalue weighted by atomic mass is 35.5. The van der Waals surface area contributed by atoms with Gasteiger partial charge in [-0.25, -0.2) is 0 Å². The SMILES string of the molecule is C[C@@H]1CNc2cc(Cl)ccc2SC1. The van der Waals surface area contributed by atoms with Gasteiger partial charge in [-0.1, -0.05) is 18.5 Å². The molecule has 0 spiro atoms. The third kappa shape index (κ3) is 2.12. The molecule has 1 atom stereocenters. The van der Waals surface area contributed by atoms with Crippen molar-refractivity contribution in [1.29, 1.82) is 0 Å². The quantitative estimate of drug-likeness (QED) is 0.708. The monoisotopic (exact) mass is 213 g/mol. The molecule has 1 aromatic rings. The highest BCUT2D eigenvalue weighted by Gasteiger charge is 2.12. The summed E-state index contributed by atoms with van der Waals surface area (Å²) in [5.74, 6) is 1.90. The van der Waals surface area contributed by atoms with E-state index in [1.807, 2.05) is 23.9 Å². The summed E-state index contributed by atoms with van der Waals surface area (Å²) in [5.41, 5.74) is 1.18. The van der Waals surface area contributed by atoms with E-state index >= 15 is 0 Å². The Balaban J connectivity index is 2.30. The fourth-order valence-electron chi connectivity index (χ4n) is 1.34. The van der Waals surface area contributed by atoms with Gasteiger partial charge in [0.05, 0.1) is 0 Å². The molecular formula is C10H12ClNS. The number of hydrogen-bond donors (Lipinski definition) is 1. The Hall–Kier alpha value is -0.340. The van der Waals surface area contributed by atoms with Crippen LogP contribution in [0, 0.1) is 5.92 Å². The molecule has 0 fully saturated rings. The molecule has 13 heavy (non-hydrogen) atoms. The van der Waals surface area contributed by atoms with Crippen molar-refractivity contribution in [2.24, 2.45) is 5.92 Å². The Bertz CT molecular complexity index is 314. The van der Waals surface area contributed by atoms with Crippen molar-refractivity contribution in [3.63, 3.8) is 0 Å². The summed E-state index contributed by atoms with van der Waals surface area (Å²) in [7, 11) is 0. The van der Waals surface area contributed by atoms with E-state index in [4.69, 9.17) is 11.6 Å². The maximum absolute atomic E-state index is 5.92. The second kappa shape index (κ2) is 3.81. The number of anilines is 1. The first-order valence-electron chi connectivity index (χ1n) is 4.42. The molecule has 1 nitrogen and oxygen atoms in total. The van der Waals surface area contributed by atoms with Gasteiger partial charge in [0, 0.05) is 27.9 Å². The average molecular weight is 214 g/mol. The predicted octanol–water partition coefficient (Wildman–Crippen LogP) is 3.49. The maximum Gasteiger partial charge on any atom is 0.0493 e. The Kier molecular flexibility index (Phi) is 2.70. The average Bonchev–Trinajstić information content (AvgIpc) is 2.29. The summed E-state index contributed by atoms with van der Waals surface area (Å²) < 4.78 is 0. The number of benzene rings is 1. The molecule has 0 radical (unpaired) electrons. The van der Waals surface area contributed by atoms with Gasteiger partial charge >= 0.3 is 0 Å². The summed E-state index contributed by atoms with van der Waals surface area (Å²) >= 11 is 7.82.